The van der Waals surface area contributed by atoms with Gasteiger partial charge in [0.2, 0.25) is 0 Å². The number of carbonyl (C=O) groups excluding carboxylic acids is 1. The molecule has 3 nitrogen and oxygen atoms in total. The second-order valence-corrected chi connectivity index (χ2v) is 5.22. The number of aromatic hydroxyl groups is 1. The van der Waals surface area contributed by atoms with Gasteiger partial charge in [0.15, 0.2) is 0 Å². The quantitative estimate of drug-likeness (QED) is 0.941. The number of phenolic OH excluding ortho intramolecular Hbond substituents is 1. The van der Waals surface area contributed by atoms with E-state index in [9.17, 15) is 9.90 Å². The molecule has 0 bridgehead atoms. The molecule has 0 aliphatic heterocycles. The third kappa shape index (κ3) is 3.35. The van der Waals surface area contributed by atoms with Crippen molar-refractivity contribution in [2.75, 3.05) is 7.05 Å². The summed E-state index contributed by atoms with van der Waals surface area (Å²) >= 11 is 3.25. The first-order valence-corrected chi connectivity index (χ1v) is 6.65. The minimum Gasteiger partial charge on any atom is -0.507 e. The van der Waals surface area contributed by atoms with Gasteiger partial charge in [-0.05, 0) is 23.8 Å². The Labute approximate surface area is 120 Å². The maximum atomic E-state index is 12.2. The number of hydrogen-bond acceptors (Lipinski definition) is 2. The predicted molar refractivity (Wildman–Crippen MR) is 78.0 cm³/mol. The second kappa shape index (κ2) is 5.89. The molecular weight excluding hydrogens is 306 g/mol. The summed E-state index contributed by atoms with van der Waals surface area (Å²) in [5.41, 5.74) is 1.36. The molecule has 2 aromatic rings. The van der Waals surface area contributed by atoms with Crippen LogP contribution in [0.2, 0.25) is 0 Å². The van der Waals surface area contributed by atoms with Crippen molar-refractivity contribution in [1.29, 1.82) is 0 Å². The zero-order chi connectivity index (χ0) is 13.8. The highest BCUT2D eigenvalue weighted by molar-refractivity contribution is 9.10. The van der Waals surface area contributed by atoms with Crippen LogP contribution in [-0.4, -0.2) is 23.0 Å². The third-order valence-corrected chi connectivity index (χ3v) is 3.29. The lowest BCUT2D eigenvalue weighted by Crippen LogP contribution is -2.26. The van der Waals surface area contributed by atoms with Crippen molar-refractivity contribution in [2.45, 2.75) is 6.54 Å². The van der Waals surface area contributed by atoms with Gasteiger partial charge in [0.1, 0.15) is 5.75 Å². The van der Waals surface area contributed by atoms with Gasteiger partial charge < -0.3 is 10.0 Å². The number of carbonyl (C=O) groups is 1. The monoisotopic (exact) mass is 319 g/mol. The van der Waals surface area contributed by atoms with Crippen molar-refractivity contribution in [2.24, 2.45) is 0 Å². The van der Waals surface area contributed by atoms with Gasteiger partial charge in [0.05, 0.1) is 5.56 Å². The fraction of sp³-hybridized carbons (Fsp3) is 0.133. The molecule has 2 rings (SSSR count). The summed E-state index contributed by atoms with van der Waals surface area (Å²) in [6.07, 6.45) is 0. The fourth-order valence-electron chi connectivity index (χ4n) is 1.82. The van der Waals surface area contributed by atoms with E-state index in [1.165, 1.54) is 6.07 Å². The van der Waals surface area contributed by atoms with Crippen LogP contribution >= 0.6 is 15.9 Å². The lowest BCUT2D eigenvalue weighted by atomic mass is 10.1. The van der Waals surface area contributed by atoms with Crippen LogP contribution in [0.5, 0.6) is 5.75 Å². The van der Waals surface area contributed by atoms with Gasteiger partial charge in [-0.2, -0.15) is 0 Å². The maximum Gasteiger partial charge on any atom is 0.257 e. The molecule has 0 heterocycles. The minimum atomic E-state index is -0.200. The molecule has 2 aromatic carbocycles. The summed E-state index contributed by atoms with van der Waals surface area (Å²) in [6.45, 7) is 0.509. The molecule has 0 atom stereocenters. The maximum absolute atomic E-state index is 12.2. The van der Waals surface area contributed by atoms with Crippen LogP contribution in [0.15, 0.2) is 53.0 Å². The number of benzene rings is 2. The first-order valence-electron chi connectivity index (χ1n) is 5.86. The number of hydrogen-bond donors (Lipinski definition) is 1. The van der Waals surface area contributed by atoms with E-state index < -0.39 is 0 Å². The Bertz CT molecular complexity index is 584. The number of phenols is 1. The molecule has 19 heavy (non-hydrogen) atoms. The van der Waals surface area contributed by atoms with Crippen LogP contribution in [-0.2, 0) is 6.54 Å². The molecular formula is C15H14BrNO2. The number of amides is 1. The Morgan fingerprint density at radius 1 is 1.21 bits per heavy atom. The van der Waals surface area contributed by atoms with Gasteiger partial charge in [0, 0.05) is 18.1 Å². The summed E-state index contributed by atoms with van der Waals surface area (Å²) in [4.78, 5) is 13.8. The Hall–Kier alpha value is -1.81. The van der Waals surface area contributed by atoms with Gasteiger partial charge in [-0.3, -0.25) is 4.79 Å². The summed E-state index contributed by atoms with van der Waals surface area (Å²) in [5, 5.41) is 9.80. The van der Waals surface area contributed by atoms with Crippen molar-refractivity contribution >= 4 is 21.8 Å². The van der Waals surface area contributed by atoms with Gasteiger partial charge in [-0.1, -0.05) is 46.3 Å². The van der Waals surface area contributed by atoms with Crippen molar-refractivity contribution in [3.63, 3.8) is 0 Å². The average molecular weight is 320 g/mol. The van der Waals surface area contributed by atoms with E-state index in [2.05, 4.69) is 15.9 Å². The molecule has 0 spiro atoms. The highest BCUT2D eigenvalue weighted by atomic mass is 79.9. The lowest BCUT2D eigenvalue weighted by Gasteiger charge is -2.18. The van der Waals surface area contributed by atoms with E-state index in [0.29, 0.717) is 12.1 Å². The number of rotatable bonds is 3. The third-order valence-electron chi connectivity index (χ3n) is 2.80. The molecule has 0 radical (unpaired) electrons. The average Bonchev–Trinajstić information content (AvgIpc) is 2.39. The van der Waals surface area contributed by atoms with Crippen molar-refractivity contribution in [1.82, 2.24) is 4.90 Å². The van der Waals surface area contributed by atoms with E-state index in [1.54, 1.807) is 24.1 Å². The number of halogens is 1. The predicted octanol–water partition coefficient (Wildman–Crippen LogP) is 3.43. The zero-order valence-electron chi connectivity index (χ0n) is 10.5. The van der Waals surface area contributed by atoms with Crippen LogP contribution in [0.1, 0.15) is 15.9 Å². The summed E-state index contributed by atoms with van der Waals surface area (Å²) in [5.74, 6) is -0.215. The highest BCUT2D eigenvalue weighted by Crippen LogP contribution is 2.23. The Morgan fingerprint density at radius 2 is 1.89 bits per heavy atom. The van der Waals surface area contributed by atoms with Gasteiger partial charge in [-0.15, -0.1) is 0 Å². The van der Waals surface area contributed by atoms with Crippen LogP contribution in [0.25, 0.3) is 0 Å². The summed E-state index contributed by atoms with van der Waals surface area (Å²) in [7, 11) is 1.72. The molecule has 4 heteroatoms. The summed E-state index contributed by atoms with van der Waals surface area (Å²) < 4.78 is 0.743. The van der Waals surface area contributed by atoms with Gasteiger partial charge in [0.25, 0.3) is 5.91 Å². The minimum absolute atomic E-state index is 0.0145. The van der Waals surface area contributed by atoms with E-state index in [4.69, 9.17) is 0 Å². The van der Waals surface area contributed by atoms with Crippen LogP contribution < -0.4 is 0 Å². The molecule has 0 fully saturated rings. The molecule has 0 aliphatic carbocycles. The molecule has 0 saturated heterocycles. The first kappa shape index (κ1) is 13.6. The van der Waals surface area contributed by atoms with E-state index in [1.807, 2.05) is 30.3 Å². The fourth-order valence-corrected chi connectivity index (χ4v) is 2.17. The molecule has 0 saturated carbocycles. The molecule has 98 valence electrons. The largest absolute Gasteiger partial charge is 0.507 e. The van der Waals surface area contributed by atoms with Crippen molar-refractivity contribution in [3.05, 3.63) is 64.1 Å². The topological polar surface area (TPSA) is 40.5 Å². The normalized spacial score (nSPS) is 10.2. The van der Waals surface area contributed by atoms with E-state index in [0.717, 1.165) is 10.0 Å². The van der Waals surface area contributed by atoms with Gasteiger partial charge in [-0.25, -0.2) is 0 Å². The zero-order valence-corrected chi connectivity index (χ0v) is 12.1. The first-order chi connectivity index (χ1) is 9.08. The van der Waals surface area contributed by atoms with Crippen molar-refractivity contribution in [3.8, 4) is 5.75 Å². The lowest BCUT2D eigenvalue weighted by molar-refractivity contribution is 0.0782. The summed E-state index contributed by atoms with van der Waals surface area (Å²) in [6, 6.07) is 14.6. The number of nitrogens with zero attached hydrogens (tertiary/aromatic N) is 1. The molecule has 1 amide bonds. The standard InChI is InChI=1S/C15H14BrNO2/c1-17(10-11-5-3-2-4-6-11)15(19)13-8-7-12(16)9-14(13)18/h2-9,18H,10H2,1H3. The molecule has 0 aromatic heterocycles. The van der Waals surface area contributed by atoms with Gasteiger partial charge >= 0.3 is 0 Å². The molecule has 0 unspecified atom stereocenters. The Kier molecular flexibility index (Phi) is 4.22. The Balaban J connectivity index is 2.15. The van der Waals surface area contributed by atoms with Crippen LogP contribution in [0.4, 0.5) is 0 Å². The second-order valence-electron chi connectivity index (χ2n) is 4.31. The van der Waals surface area contributed by atoms with Crippen LogP contribution in [0, 0.1) is 0 Å². The molecule has 1 N–H and O–H groups in total. The van der Waals surface area contributed by atoms with E-state index in [-0.39, 0.29) is 11.7 Å². The molecule has 0 aliphatic rings. The Morgan fingerprint density at radius 3 is 2.53 bits per heavy atom. The highest BCUT2D eigenvalue weighted by Gasteiger charge is 2.15. The van der Waals surface area contributed by atoms with E-state index >= 15 is 0 Å². The SMILES string of the molecule is CN(Cc1ccccc1)C(=O)c1ccc(Br)cc1O. The van der Waals surface area contributed by atoms with Crippen molar-refractivity contribution < 1.29 is 9.90 Å². The smallest absolute Gasteiger partial charge is 0.257 e. The van der Waals surface area contributed by atoms with Crippen LogP contribution in [0.3, 0.4) is 0 Å².